The van der Waals surface area contributed by atoms with Crippen LogP contribution < -0.4 is 10.4 Å². The fraction of sp³-hybridized carbons (Fsp3) is 0.100. The Balaban J connectivity index is 1.76. The van der Waals surface area contributed by atoms with Crippen LogP contribution in [0.1, 0.15) is 11.1 Å². The maximum Gasteiger partial charge on any atom is 0.336 e. The maximum atomic E-state index is 11.9. The monoisotopic (exact) mass is 370 g/mol. The number of carbonyl (C=O) groups is 1. The van der Waals surface area contributed by atoms with E-state index in [1.807, 2.05) is 6.07 Å². The smallest absolute Gasteiger partial charge is 0.336 e. The summed E-state index contributed by atoms with van der Waals surface area (Å²) in [6.07, 6.45) is 2.87. The highest BCUT2D eigenvalue weighted by Crippen LogP contribution is 2.23. The molecular formula is C20H15ClO5. The first-order valence-corrected chi connectivity index (χ1v) is 8.15. The van der Waals surface area contributed by atoms with Crippen molar-refractivity contribution in [1.82, 2.24) is 0 Å². The van der Waals surface area contributed by atoms with Gasteiger partial charge in [0.25, 0.3) is 0 Å². The number of methoxy groups -OCH3 is 1. The van der Waals surface area contributed by atoms with E-state index in [0.29, 0.717) is 32.9 Å². The Kier molecular flexibility index (Phi) is 5.39. The van der Waals surface area contributed by atoms with Crippen LogP contribution in [0.15, 0.2) is 63.8 Å². The van der Waals surface area contributed by atoms with Crippen LogP contribution in [0.3, 0.4) is 0 Å². The molecule has 1 heterocycles. The van der Waals surface area contributed by atoms with Crippen LogP contribution in [0, 0.1) is 0 Å². The first-order valence-electron chi connectivity index (χ1n) is 7.77. The second-order valence-corrected chi connectivity index (χ2v) is 5.82. The lowest BCUT2D eigenvalue weighted by Crippen LogP contribution is -2.05. The number of rotatable bonds is 5. The molecule has 0 unspecified atom stereocenters. The van der Waals surface area contributed by atoms with E-state index in [1.54, 1.807) is 42.5 Å². The molecule has 0 N–H and O–H groups in total. The van der Waals surface area contributed by atoms with Gasteiger partial charge in [-0.3, -0.25) is 0 Å². The van der Waals surface area contributed by atoms with Gasteiger partial charge < -0.3 is 13.9 Å². The molecule has 0 fully saturated rings. The van der Waals surface area contributed by atoms with Crippen LogP contribution in [0.5, 0.6) is 5.75 Å². The van der Waals surface area contributed by atoms with Gasteiger partial charge in [0.1, 0.15) is 17.9 Å². The molecule has 5 nitrogen and oxygen atoms in total. The van der Waals surface area contributed by atoms with Gasteiger partial charge in [-0.25, -0.2) is 9.59 Å². The summed E-state index contributed by atoms with van der Waals surface area (Å²) in [5.74, 6) is 0.0253. The van der Waals surface area contributed by atoms with Crippen molar-refractivity contribution in [2.24, 2.45) is 0 Å². The number of hydrogen-bond donors (Lipinski definition) is 0. The highest BCUT2D eigenvalue weighted by molar-refractivity contribution is 6.32. The second kappa shape index (κ2) is 7.89. The molecule has 6 heteroatoms. The number of fused-ring (bicyclic) bond motifs is 1. The molecular weight excluding hydrogens is 356 g/mol. The minimum absolute atomic E-state index is 0.0554. The van der Waals surface area contributed by atoms with Crippen LogP contribution >= 0.6 is 11.6 Å². The summed E-state index contributed by atoms with van der Waals surface area (Å²) >= 11 is 6.03. The van der Waals surface area contributed by atoms with Crippen molar-refractivity contribution in [3.05, 3.63) is 81.2 Å². The number of ether oxygens (including phenoxy) is 2. The van der Waals surface area contributed by atoms with E-state index >= 15 is 0 Å². The summed E-state index contributed by atoms with van der Waals surface area (Å²) in [6, 6.07) is 13.6. The Labute approximate surface area is 154 Å². The molecule has 0 radical (unpaired) electrons. The number of hydrogen-bond acceptors (Lipinski definition) is 5. The van der Waals surface area contributed by atoms with Crippen LogP contribution in [-0.4, -0.2) is 13.1 Å². The SMILES string of the molecule is COc1ccc2c(COC(=O)C=Cc3ccccc3Cl)cc(=O)oc2c1. The van der Waals surface area contributed by atoms with Gasteiger partial charge in [-0.05, 0) is 29.8 Å². The molecule has 0 aliphatic carbocycles. The van der Waals surface area contributed by atoms with E-state index in [4.69, 9.17) is 25.5 Å². The molecule has 132 valence electrons. The highest BCUT2D eigenvalue weighted by atomic mass is 35.5. The normalized spacial score (nSPS) is 11.0. The Morgan fingerprint density at radius 2 is 2.00 bits per heavy atom. The summed E-state index contributed by atoms with van der Waals surface area (Å²) in [5, 5.41) is 1.21. The Morgan fingerprint density at radius 3 is 2.77 bits per heavy atom. The summed E-state index contributed by atoms with van der Waals surface area (Å²) < 4.78 is 15.5. The molecule has 3 rings (SSSR count). The zero-order valence-corrected chi connectivity index (χ0v) is 14.7. The van der Waals surface area contributed by atoms with Crippen molar-refractivity contribution in [2.75, 3.05) is 7.11 Å². The van der Waals surface area contributed by atoms with Gasteiger partial charge in [0.05, 0.1) is 7.11 Å². The lowest BCUT2D eigenvalue weighted by Gasteiger charge is -2.07. The molecule has 0 amide bonds. The number of carbonyl (C=O) groups excluding carboxylic acids is 1. The molecule has 0 atom stereocenters. The topological polar surface area (TPSA) is 65.7 Å². The predicted molar refractivity (Wildman–Crippen MR) is 99.3 cm³/mol. The van der Waals surface area contributed by atoms with Gasteiger partial charge in [-0.15, -0.1) is 0 Å². The van der Waals surface area contributed by atoms with Gasteiger partial charge in [0.2, 0.25) is 0 Å². The molecule has 1 aromatic heterocycles. The molecule has 0 saturated carbocycles. The van der Waals surface area contributed by atoms with E-state index in [2.05, 4.69) is 0 Å². The first-order chi connectivity index (χ1) is 12.6. The average Bonchev–Trinajstić information content (AvgIpc) is 2.64. The van der Waals surface area contributed by atoms with Crippen molar-refractivity contribution >= 4 is 34.6 Å². The summed E-state index contributed by atoms with van der Waals surface area (Å²) in [4.78, 5) is 23.7. The van der Waals surface area contributed by atoms with E-state index < -0.39 is 11.6 Å². The van der Waals surface area contributed by atoms with E-state index in [1.165, 1.54) is 19.3 Å². The fourth-order valence-electron chi connectivity index (χ4n) is 2.42. The summed E-state index contributed by atoms with van der Waals surface area (Å²) in [7, 11) is 1.52. The predicted octanol–water partition coefficient (Wildman–Crippen LogP) is 4.21. The van der Waals surface area contributed by atoms with Crippen molar-refractivity contribution < 1.29 is 18.7 Å². The van der Waals surface area contributed by atoms with Gasteiger partial charge in [0.15, 0.2) is 0 Å². The molecule has 0 aliphatic heterocycles. The highest BCUT2D eigenvalue weighted by Gasteiger charge is 2.09. The zero-order chi connectivity index (χ0) is 18.5. The molecule has 0 saturated heterocycles. The van der Waals surface area contributed by atoms with Gasteiger partial charge in [-0.1, -0.05) is 29.8 Å². The molecule has 0 aliphatic rings. The van der Waals surface area contributed by atoms with Crippen molar-refractivity contribution in [3.63, 3.8) is 0 Å². The van der Waals surface area contributed by atoms with Crippen molar-refractivity contribution in [2.45, 2.75) is 6.61 Å². The maximum absolute atomic E-state index is 11.9. The standard InChI is InChI=1S/C20H15ClO5/c1-24-15-7-8-16-14(10-20(23)26-18(16)11-15)12-25-19(22)9-6-13-4-2-3-5-17(13)21/h2-11H,12H2,1H3. The summed E-state index contributed by atoms with van der Waals surface area (Å²) in [6.45, 7) is -0.0554. The van der Waals surface area contributed by atoms with Gasteiger partial charge >= 0.3 is 11.6 Å². The number of benzene rings is 2. The zero-order valence-electron chi connectivity index (χ0n) is 13.9. The molecule has 3 aromatic rings. The second-order valence-electron chi connectivity index (χ2n) is 5.42. The summed E-state index contributed by atoms with van der Waals surface area (Å²) in [5.41, 5.74) is 1.11. The lowest BCUT2D eigenvalue weighted by molar-refractivity contribution is -0.138. The van der Waals surface area contributed by atoms with Crippen molar-refractivity contribution in [3.8, 4) is 5.75 Å². The van der Waals surface area contributed by atoms with Crippen LogP contribution in [0.25, 0.3) is 17.0 Å². The van der Waals surface area contributed by atoms with E-state index in [-0.39, 0.29) is 6.61 Å². The molecule has 2 aromatic carbocycles. The Morgan fingerprint density at radius 1 is 1.19 bits per heavy atom. The van der Waals surface area contributed by atoms with Crippen LogP contribution in [0.4, 0.5) is 0 Å². The Hall–Kier alpha value is -3.05. The minimum atomic E-state index is -0.542. The third-order valence-electron chi connectivity index (χ3n) is 3.71. The molecule has 0 spiro atoms. The molecule has 0 bridgehead atoms. The number of esters is 1. The largest absolute Gasteiger partial charge is 0.497 e. The fourth-order valence-corrected chi connectivity index (χ4v) is 2.62. The third-order valence-corrected chi connectivity index (χ3v) is 4.06. The van der Waals surface area contributed by atoms with Crippen molar-refractivity contribution in [1.29, 1.82) is 0 Å². The van der Waals surface area contributed by atoms with Crippen LogP contribution in [0.2, 0.25) is 5.02 Å². The van der Waals surface area contributed by atoms with Gasteiger partial charge in [-0.2, -0.15) is 0 Å². The minimum Gasteiger partial charge on any atom is -0.497 e. The number of halogens is 1. The lowest BCUT2D eigenvalue weighted by atomic mass is 10.1. The van der Waals surface area contributed by atoms with E-state index in [0.717, 1.165) is 0 Å². The Bertz CT molecular complexity index is 1040. The van der Waals surface area contributed by atoms with Crippen LogP contribution in [-0.2, 0) is 16.1 Å². The van der Waals surface area contributed by atoms with Gasteiger partial charge in [0, 0.05) is 34.2 Å². The molecule has 26 heavy (non-hydrogen) atoms. The first kappa shape index (κ1) is 17.8. The average molecular weight is 371 g/mol. The quantitative estimate of drug-likeness (QED) is 0.382. The third kappa shape index (κ3) is 4.13. The van der Waals surface area contributed by atoms with E-state index in [9.17, 15) is 9.59 Å².